The molecule has 0 radical (unpaired) electrons. The van der Waals surface area contributed by atoms with Gasteiger partial charge in [-0.25, -0.2) is 9.97 Å². The number of hydrogen-bond donors (Lipinski definition) is 2. The normalized spacial score (nSPS) is 10.7. The standard InChI is InChI=1S/C16H16N4/c1-11-8-15(14-6-3-7-18-14)20-16(19-11)13-5-2-4-12(9-13)10-17/h2-9,18H,10,17H2,1H3. The summed E-state index contributed by atoms with van der Waals surface area (Å²) in [6.45, 7) is 2.49. The molecule has 0 saturated carbocycles. The Morgan fingerprint density at radius 1 is 1.10 bits per heavy atom. The van der Waals surface area contributed by atoms with Crippen LogP contribution in [0.3, 0.4) is 0 Å². The Balaban J connectivity index is 2.09. The highest BCUT2D eigenvalue weighted by Crippen LogP contribution is 2.21. The molecule has 4 nitrogen and oxygen atoms in total. The van der Waals surface area contributed by atoms with Crippen molar-refractivity contribution in [2.75, 3.05) is 0 Å². The van der Waals surface area contributed by atoms with Crippen molar-refractivity contribution in [3.05, 3.63) is 59.9 Å². The molecule has 0 saturated heterocycles. The average Bonchev–Trinajstić information content (AvgIpc) is 3.01. The van der Waals surface area contributed by atoms with Crippen molar-refractivity contribution in [1.29, 1.82) is 0 Å². The number of hydrogen-bond acceptors (Lipinski definition) is 3. The fourth-order valence-electron chi connectivity index (χ4n) is 2.16. The number of nitrogens with zero attached hydrogens (tertiary/aromatic N) is 2. The van der Waals surface area contributed by atoms with Crippen LogP contribution in [0.4, 0.5) is 0 Å². The molecule has 4 heteroatoms. The number of aromatic nitrogens is 3. The third-order valence-corrected chi connectivity index (χ3v) is 3.15. The van der Waals surface area contributed by atoms with Gasteiger partial charge in [-0.05, 0) is 36.8 Å². The van der Waals surface area contributed by atoms with Crippen LogP contribution in [0.1, 0.15) is 11.3 Å². The van der Waals surface area contributed by atoms with Gasteiger partial charge in [-0.15, -0.1) is 0 Å². The second-order valence-corrected chi connectivity index (χ2v) is 4.71. The summed E-state index contributed by atoms with van der Waals surface area (Å²) in [7, 11) is 0. The van der Waals surface area contributed by atoms with Gasteiger partial charge in [-0.2, -0.15) is 0 Å². The van der Waals surface area contributed by atoms with Gasteiger partial charge < -0.3 is 10.7 Å². The quantitative estimate of drug-likeness (QED) is 0.764. The summed E-state index contributed by atoms with van der Waals surface area (Å²) in [4.78, 5) is 12.3. The molecule has 0 atom stereocenters. The lowest BCUT2D eigenvalue weighted by molar-refractivity contribution is 1.06. The van der Waals surface area contributed by atoms with Crippen LogP contribution in [0.25, 0.3) is 22.8 Å². The first kappa shape index (κ1) is 12.6. The Hall–Kier alpha value is -2.46. The summed E-state index contributed by atoms with van der Waals surface area (Å²) in [6, 6.07) is 14.0. The van der Waals surface area contributed by atoms with Crippen molar-refractivity contribution in [3.63, 3.8) is 0 Å². The van der Waals surface area contributed by atoms with Crippen LogP contribution < -0.4 is 5.73 Å². The van der Waals surface area contributed by atoms with Gasteiger partial charge in [0.15, 0.2) is 5.82 Å². The van der Waals surface area contributed by atoms with Gasteiger partial charge in [-0.3, -0.25) is 0 Å². The van der Waals surface area contributed by atoms with Crippen molar-refractivity contribution < 1.29 is 0 Å². The molecule has 0 aliphatic rings. The van der Waals surface area contributed by atoms with Crippen LogP contribution in [0.5, 0.6) is 0 Å². The highest BCUT2D eigenvalue weighted by molar-refractivity contribution is 5.62. The molecule has 3 aromatic rings. The van der Waals surface area contributed by atoms with E-state index in [-0.39, 0.29) is 0 Å². The molecule has 20 heavy (non-hydrogen) atoms. The van der Waals surface area contributed by atoms with Gasteiger partial charge in [0, 0.05) is 24.0 Å². The number of aromatic amines is 1. The van der Waals surface area contributed by atoms with Gasteiger partial charge in [0.25, 0.3) is 0 Å². The summed E-state index contributed by atoms with van der Waals surface area (Å²) in [6.07, 6.45) is 1.89. The van der Waals surface area contributed by atoms with Gasteiger partial charge in [-0.1, -0.05) is 18.2 Å². The number of rotatable bonds is 3. The van der Waals surface area contributed by atoms with Crippen molar-refractivity contribution >= 4 is 0 Å². The number of benzene rings is 1. The molecule has 100 valence electrons. The minimum absolute atomic E-state index is 0.517. The Labute approximate surface area is 117 Å². The maximum atomic E-state index is 5.69. The lowest BCUT2D eigenvalue weighted by atomic mass is 10.1. The van der Waals surface area contributed by atoms with E-state index in [0.29, 0.717) is 6.54 Å². The fourth-order valence-corrected chi connectivity index (χ4v) is 2.16. The van der Waals surface area contributed by atoms with E-state index in [1.807, 2.05) is 55.6 Å². The second-order valence-electron chi connectivity index (χ2n) is 4.71. The van der Waals surface area contributed by atoms with Crippen molar-refractivity contribution in [2.24, 2.45) is 5.73 Å². The van der Waals surface area contributed by atoms with E-state index in [4.69, 9.17) is 5.73 Å². The first-order chi connectivity index (χ1) is 9.76. The van der Waals surface area contributed by atoms with Crippen molar-refractivity contribution in [1.82, 2.24) is 15.0 Å². The Kier molecular flexibility index (Phi) is 3.31. The van der Waals surface area contributed by atoms with Gasteiger partial charge >= 0.3 is 0 Å². The molecule has 2 heterocycles. The monoisotopic (exact) mass is 264 g/mol. The largest absolute Gasteiger partial charge is 0.360 e. The number of nitrogens with one attached hydrogen (secondary N) is 1. The molecule has 0 aliphatic heterocycles. The summed E-state index contributed by atoms with van der Waals surface area (Å²) in [5.74, 6) is 0.727. The molecular weight excluding hydrogens is 248 g/mol. The molecule has 3 rings (SSSR count). The summed E-state index contributed by atoms with van der Waals surface area (Å²) in [5.41, 5.74) is 10.6. The molecular formula is C16H16N4. The van der Waals surface area contributed by atoms with E-state index in [1.54, 1.807) is 0 Å². The maximum Gasteiger partial charge on any atom is 0.160 e. The van der Waals surface area contributed by atoms with Gasteiger partial charge in [0.2, 0.25) is 0 Å². The first-order valence-corrected chi connectivity index (χ1v) is 6.55. The SMILES string of the molecule is Cc1cc(-c2ccc[nH]2)nc(-c2cccc(CN)c2)n1. The lowest BCUT2D eigenvalue weighted by Gasteiger charge is -2.06. The van der Waals surface area contributed by atoms with E-state index >= 15 is 0 Å². The summed E-state index contributed by atoms with van der Waals surface area (Å²) < 4.78 is 0. The third kappa shape index (κ3) is 2.46. The van der Waals surface area contributed by atoms with E-state index < -0.39 is 0 Å². The van der Waals surface area contributed by atoms with Crippen LogP contribution in [-0.4, -0.2) is 15.0 Å². The van der Waals surface area contributed by atoms with Crippen LogP contribution in [-0.2, 0) is 6.54 Å². The van der Waals surface area contributed by atoms with Crippen LogP contribution in [0, 0.1) is 6.92 Å². The predicted molar refractivity (Wildman–Crippen MR) is 79.9 cm³/mol. The summed E-state index contributed by atoms with van der Waals surface area (Å²) >= 11 is 0. The number of nitrogens with two attached hydrogens (primary N) is 1. The smallest absolute Gasteiger partial charge is 0.160 e. The molecule has 0 amide bonds. The topological polar surface area (TPSA) is 67.6 Å². The molecule has 3 N–H and O–H groups in total. The average molecular weight is 264 g/mol. The van der Waals surface area contributed by atoms with Crippen molar-refractivity contribution in [2.45, 2.75) is 13.5 Å². The number of aryl methyl sites for hydroxylation is 1. The molecule has 0 unspecified atom stereocenters. The van der Waals surface area contributed by atoms with Gasteiger partial charge in [0.1, 0.15) is 0 Å². The predicted octanol–water partition coefficient (Wildman–Crippen LogP) is 2.91. The lowest BCUT2D eigenvalue weighted by Crippen LogP contribution is -1.98. The fraction of sp³-hybridized carbons (Fsp3) is 0.125. The number of H-pyrrole nitrogens is 1. The maximum absolute atomic E-state index is 5.69. The zero-order chi connectivity index (χ0) is 13.9. The van der Waals surface area contributed by atoms with E-state index in [0.717, 1.165) is 34.0 Å². The van der Waals surface area contributed by atoms with E-state index in [2.05, 4.69) is 15.0 Å². The highest BCUT2D eigenvalue weighted by atomic mass is 14.9. The zero-order valence-electron chi connectivity index (χ0n) is 11.3. The minimum atomic E-state index is 0.517. The third-order valence-electron chi connectivity index (χ3n) is 3.15. The van der Waals surface area contributed by atoms with Crippen molar-refractivity contribution in [3.8, 4) is 22.8 Å². The minimum Gasteiger partial charge on any atom is -0.360 e. The molecule has 0 fully saturated rings. The van der Waals surface area contributed by atoms with E-state index in [9.17, 15) is 0 Å². The molecule has 0 aliphatic carbocycles. The van der Waals surface area contributed by atoms with Crippen LogP contribution in [0.15, 0.2) is 48.7 Å². The van der Waals surface area contributed by atoms with Crippen LogP contribution in [0.2, 0.25) is 0 Å². The zero-order valence-corrected chi connectivity index (χ0v) is 11.3. The second kappa shape index (κ2) is 5.27. The molecule has 0 bridgehead atoms. The highest BCUT2D eigenvalue weighted by Gasteiger charge is 2.07. The Morgan fingerprint density at radius 3 is 2.75 bits per heavy atom. The first-order valence-electron chi connectivity index (χ1n) is 6.55. The molecule has 0 spiro atoms. The summed E-state index contributed by atoms with van der Waals surface area (Å²) in [5, 5.41) is 0. The van der Waals surface area contributed by atoms with Crippen LogP contribution >= 0.6 is 0 Å². The van der Waals surface area contributed by atoms with Gasteiger partial charge in [0.05, 0.1) is 11.4 Å². The molecule has 2 aromatic heterocycles. The van der Waals surface area contributed by atoms with E-state index in [1.165, 1.54) is 0 Å². The Morgan fingerprint density at radius 2 is 2.00 bits per heavy atom. The molecule has 1 aromatic carbocycles. The Bertz CT molecular complexity index is 717.